The Hall–Kier alpha value is -1.78. The monoisotopic (exact) mass is 192 g/mol. The summed E-state index contributed by atoms with van der Waals surface area (Å²) in [5.41, 5.74) is 6.38. The summed E-state index contributed by atoms with van der Waals surface area (Å²) in [6.07, 6.45) is 4.33. The highest BCUT2D eigenvalue weighted by molar-refractivity contribution is 5.60. The summed E-state index contributed by atoms with van der Waals surface area (Å²) in [4.78, 5) is 4.12. The second-order valence-corrected chi connectivity index (χ2v) is 2.98. The van der Waals surface area contributed by atoms with E-state index in [9.17, 15) is 0 Å². The van der Waals surface area contributed by atoms with Gasteiger partial charge in [-0.1, -0.05) is 6.92 Å². The average molecular weight is 192 g/mol. The summed E-state index contributed by atoms with van der Waals surface area (Å²) in [5, 5.41) is 4.06. The Labute approximate surface area is 81.5 Å². The van der Waals surface area contributed by atoms with Crippen LogP contribution in [-0.2, 0) is 0 Å². The number of fused-ring (bicyclic) bond motifs is 1. The van der Waals surface area contributed by atoms with Crippen molar-refractivity contribution in [2.24, 2.45) is 0 Å². The van der Waals surface area contributed by atoms with Crippen molar-refractivity contribution >= 4 is 11.3 Å². The van der Waals surface area contributed by atoms with Crippen molar-refractivity contribution in [2.75, 3.05) is 12.3 Å². The Morgan fingerprint density at radius 2 is 2.43 bits per heavy atom. The molecular weight excluding hydrogens is 180 g/mol. The van der Waals surface area contributed by atoms with Crippen molar-refractivity contribution in [1.29, 1.82) is 0 Å². The summed E-state index contributed by atoms with van der Waals surface area (Å²) in [6, 6.07) is 1.75. The number of ether oxygens (including phenoxy) is 1. The molecule has 0 aromatic carbocycles. The molecule has 0 unspecified atom stereocenters. The molecule has 5 heteroatoms. The molecule has 0 saturated heterocycles. The van der Waals surface area contributed by atoms with Crippen LogP contribution in [0.1, 0.15) is 13.3 Å². The first kappa shape index (κ1) is 8.80. The maximum absolute atomic E-state index is 5.57. The van der Waals surface area contributed by atoms with Crippen LogP contribution >= 0.6 is 0 Å². The van der Waals surface area contributed by atoms with Crippen LogP contribution in [0.25, 0.3) is 5.52 Å². The number of nitrogens with two attached hydrogens (primary N) is 1. The largest absolute Gasteiger partial charge is 0.476 e. The van der Waals surface area contributed by atoms with Gasteiger partial charge in [0.05, 0.1) is 6.61 Å². The lowest BCUT2D eigenvalue weighted by Gasteiger charge is -2.03. The highest BCUT2D eigenvalue weighted by Crippen LogP contribution is 2.17. The summed E-state index contributed by atoms with van der Waals surface area (Å²) in [6.45, 7) is 2.70. The molecule has 2 aromatic heterocycles. The predicted octanol–water partition coefficient (Wildman–Crippen LogP) is 1.10. The lowest BCUT2D eigenvalue weighted by Crippen LogP contribution is -1.99. The highest BCUT2D eigenvalue weighted by Gasteiger charge is 2.05. The quantitative estimate of drug-likeness (QED) is 0.790. The van der Waals surface area contributed by atoms with Crippen molar-refractivity contribution < 1.29 is 4.74 Å². The molecule has 0 fully saturated rings. The molecular formula is C9H12N4O. The van der Waals surface area contributed by atoms with Crippen molar-refractivity contribution in [2.45, 2.75) is 13.3 Å². The van der Waals surface area contributed by atoms with Gasteiger partial charge in [-0.15, -0.1) is 0 Å². The van der Waals surface area contributed by atoms with Crippen LogP contribution in [0.4, 0.5) is 5.82 Å². The second kappa shape index (κ2) is 3.53. The molecule has 2 N–H and O–H groups in total. The predicted molar refractivity (Wildman–Crippen MR) is 53.2 cm³/mol. The molecule has 14 heavy (non-hydrogen) atoms. The van der Waals surface area contributed by atoms with Crippen LogP contribution in [0.2, 0.25) is 0 Å². The van der Waals surface area contributed by atoms with Crippen LogP contribution in [-0.4, -0.2) is 21.2 Å². The minimum atomic E-state index is 0.472. The number of hydrogen-bond acceptors (Lipinski definition) is 4. The molecule has 0 saturated carbocycles. The molecule has 0 aliphatic heterocycles. The van der Waals surface area contributed by atoms with E-state index in [4.69, 9.17) is 10.5 Å². The van der Waals surface area contributed by atoms with E-state index in [0.717, 1.165) is 11.9 Å². The molecule has 0 amide bonds. The summed E-state index contributed by atoms with van der Waals surface area (Å²) < 4.78 is 7.11. The first-order valence-corrected chi connectivity index (χ1v) is 4.54. The van der Waals surface area contributed by atoms with Crippen LogP contribution in [0.3, 0.4) is 0 Å². The molecule has 0 aliphatic carbocycles. The Morgan fingerprint density at radius 1 is 1.57 bits per heavy atom. The fourth-order valence-corrected chi connectivity index (χ4v) is 1.23. The van der Waals surface area contributed by atoms with E-state index < -0.39 is 0 Å². The van der Waals surface area contributed by atoms with Gasteiger partial charge >= 0.3 is 0 Å². The molecule has 2 aromatic rings. The zero-order valence-corrected chi connectivity index (χ0v) is 7.97. The number of nitrogen functional groups attached to an aromatic ring is 1. The zero-order valence-electron chi connectivity index (χ0n) is 7.97. The topological polar surface area (TPSA) is 65.4 Å². The van der Waals surface area contributed by atoms with Gasteiger partial charge in [0.15, 0.2) is 0 Å². The molecule has 0 spiro atoms. The van der Waals surface area contributed by atoms with Gasteiger partial charge in [0.1, 0.15) is 11.3 Å². The lowest BCUT2D eigenvalue weighted by atomic mass is 10.5. The van der Waals surface area contributed by atoms with Gasteiger partial charge in [-0.2, -0.15) is 5.10 Å². The number of nitrogens with zero attached hydrogens (tertiary/aromatic N) is 3. The normalized spacial score (nSPS) is 10.6. The Bertz CT molecular complexity index is 437. The number of hydrogen-bond donors (Lipinski definition) is 1. The smallest absolute Gasteiger partial charge is 0.240 e. The third-order valence-electron chi connectivity index (χ3n) is 1.82. The number of aromatic nitrogens is 3. The van der Waals surface area contributed by atoms with E-state index in [1.165, 1.54) is 0 Å². The fourth-order valence-electron chi connectivity index (χ4n) is 1.23. The van der Waals surface area contributed by atoms with Crippen molar-refractivity contribution in [3.8, 4) is 5.88 Å². The molecule has 0 radical (unpaired) electrons. The first-order valence-electron chi connectivity index (χ1n) is 4.54. The standard InChI is InChI=1S/C9H12N4O/c1-2-5-14-9-7-6-8(10)12-13(7)4-3-11-9/h3-4,6H,2,5H2,1H3,(H2,10,12). The maximum atomic E-state index is 5.57. The third-order valence-corrected chi connectivity index (χ3v) is 1.82. The summed E-state index contributed by atoms with van der Waals surface area (Å²) in [7, 11) is 0. The van der Waals surface area contributed by atoms with E-state index in [1.54, 1.807) is 23.0 Å². The van der Waals surface area contributed by atoms with Crippen LogP contribution in [0.15, 0.2) is 18.5 Å². The second-order valence-electron chi connectivity index (χ2n) is 2.98. The van der Waals surface area contributed by atoms with Crippen LogP contribution < -0.4 is 10.5 Å². The van der Waals surface area contributed by atoms with E-state index in [0.29, 0.717) is 18.3 Å². The van der Waals surface area contributed by atoms with Gasteiger partial charge in [0.25, 0.3) is 0 Å². The summed E-state index contributed by atoms with van der Waals surface area (Å²) in [5.74, 6) is 1.05. The molecule has 2 rings (SSSR count). The maximum Gasteiger partial charge on any atom is 0.240 e. The van der Waals surface area contributed by atoms with E-state index in [1.807, 2.05) is 6.92 Å². The molecule has 0 aliphatic rings. The number of anilines is 1. The fraction of sp³-hybridized carbons (Fsp3) is 0.333. The minimum absolute atomic E-state index is 0.472. The highest BCUT2D eigenvalue weighted by atomic mass is 16.5. The SMILES string of the molecule is CCCOc1nccn2nc(N)cc12. The van der Waals surface area contributed by atoms with Crippen molar-refractivity contribution in [3.63, 3.8) is 0 Å². The van der Waals surface area contributed by atoms with Gasteiger partial charge in [0.2, 0.25) is 5.88 Å². The lowest BCUT2D eigenvalue weighted by molar-refractivity contribution is 0.307. The minimum Gasteiger partial charge on any atom is -0.476 e. The van der Waals surface area contributed by atoms with Crippen molar-refractivity contribution in [1.82, 2.24) is 14.6 Å². The van der Waals surface area contributed by atoms with Gasteiger partial charge in [-0.25, -0.2) is 9.50 Å². The van der Waals surface area contributed by atoms with Gasteiger partial charge in [-0.3, -0.25) is 0 Å². The molecule has 5 nitrogen and oxygen atoms in total. The van der Waals surface area contributed by atoms with Crippen molar-refractivity contribution in [3.05, 3.63) is 18.5 Å². The van der Waals surface area contributed by atoms with Gasteiger partial charge < -0.3 is 10.5 Å². The van der Waals surface area contributed by atoms with Crippen LogP contribution in [0.5, 0.6) is 5.88 Å². The molecule has 0 atom stereocenters. The van der Waals surface area contributed by atoms with Crippen LogP contribution in [0, 0.1) is 0 Å². The molecule has 74 valence electrons. The molecule has 2 heterocycles. The Balaban J connectivity index is 2.42. The Morgan fingerprint density at radius 3 is 3.21 bits per heavy atom. The van der Waals surface area contributed by atoms with Gasteiger partial charge in [0, 0.05) is 18.5 Å². The zero-order chi connectivity index (χ0) is 9.97. The third kappa shape index (κ3) is 1.48. The first-order chi connectivity index (χ1) is 6.81. The average Bonchev–Trinajstić information content (AvgIpc) is 2.55. The van der Waals surface area contributed by atoms with E-state index in [2.05, 4.69) is 10.1 Å². The van der Waals surface area contributed by atoms with E-state index in [-0.39, 0.29) is 0 Å². The van der Waals surface area contributed by atoms with Gasteiger partial charge in [-0.05, 0) is 6.42 Å². The molecule has 0 bridgehead atoms. The Kier molecular flexibility index (Phi) is 2.22. The summed E-state index contributed by atoms with van der Waals surface area (Å²) >= 11 is 0. The number of rotatable bonds is 3. The van der Waals surface area contributed by atoms with E-state index >= 15 is 0 Å².